The molecule has 0 aliphatic carbocycles. The summed E-state index contributed by atoms with van der Waals surface area (Å²) < 4.78 is 44.5. The van der Waals surface area contributed by atoms with Crippen molar-refractivity contribution in [2.45, 2.75) is 12.6 Å². The molecule has 10 heteroatoms. The van der Waals surface area contributed by atoms with Crippen LogP contribution < -0.4 is 19.5 Å². The van der Waals surface area contributed by atoms with Crippen molar-refractivity contribution in [1.82, 2.24) is 9.62 Å². The van der Waals surface area contributed by atoms with Crippen LogP contribution in [0.4, 0.5) is 11.4 Å². The van der Waals surface area contributed by atoms with E-state index in [1.807, 2.05) is 18.2 Å². The molecule has 2 N–H and O–H groups in total. The quantitative estimate of drug-likeness (QED) is 0.772. The van der Waals surface area contributed by atoms with Gasteiger partial charge < -0.3 is 19.5 Å². The summed E-state index contributed by atoms with van der Waals surface area (Å²) in [4.78, 5) is 4.51. The molecule has 0 aromatic heterocycles. The normalized spacial score (nSPS) is 17.5. The van der Waals surface area contributed by atoms with Gasteiger partial charge >= 0.3 is 10.2 Å². The molecule has 1 unspecified atom stereocenters. The Labute approximate surface area is 169 Å². The number of rotatable bonds is 5. The second-order valence-corrected chi connectivity index (χ2v) is 8.70. The van der Waals surface area contributed by atoms with E-state index in [-0.39, 0.29) is 12.6 Å². The first-order chi connectivity index (χ1) is 13.9. The highest BCUT2D eigenvalue weighted by Crippen LogP contribution is 2.39. The molecular formula is C19H22N4O5S. The molecule has 154 valence electrons. The van der Waals surface area contributed by atoms with Gasteiger partial charge in [-0.05, 0) is 30.3 Å². The van der Waals surface area contributed by atoms with Crippen LogP contribution in [0.1, 0.15) is 17.2 Å². The van der Waals surface area contributed by atoms with E-state index in [1.165, 1.54) is 14.1 Å². The smallest absolute Gasteiger partial charge is 0.301 e. The number of benzene rings is 2. The van der Waals surface area contributed by atoms with Crippen LogP contribution >= 0.6 is 0 Å². The predicted octanol–water partition coefficient (Wildman–Crippen LogP) is 2.15. The Morgan fingerprint density at radius 1 is 1.21 bits per heavy atom. The number of ether oxygens (including phenoxy) is 3. The van der Waals surface area contributed by atoms with Crippen LogP contribution in [0.3, 0.4) is 0 Å². The van der Waals surface area contributed by atoms with Gasteiger partial charge in [0.05, 0.1) is 30.1 Å². The van der Waals surface area contributed by atoms with Crippen molar-refractivity contribution >= 4 is 27.6 Å². The standard InChI is InChI=1S/C19H22N4O5S/c1-23(2)29(24,25)22-13-7-8-14-12(9-13)10-28-19(20-14)21-15-11-27-17-6-4-5-16(26-3)18(15)17/h4-9,15,22H,10-11H2,1-3H3,(H,20,21). The van der Waals surface area contributed by atoms with Crippen LogP contribution in [-0.2, 0) is 21.6 Å². The van der Waals surface area contributed by atoms with Crippen molar-refractivity contribution in [3.05, 3.63) is 47.5 Å². The maximum Gasteiger partial charge on any atom is 0.301 e. The van der Waals surface area contributed by atoms with E-state index in [1.54, 1.807) is 25.3 Å². The molecule has 0 amide bonds. The van der Waals surface area contributed by atoms with Gasteiger partial charge in [0, 0.05) is 19.7 Å². The van der Waals surface area contributed by atoms with Gasteiger partial charge in [-0.15, -0.1) is 0 Å². The zero-order valence-corrected chi connectivity index (χ0v) is 17.1. The minimum Gasteiger partial charge on any atom is -0.496 e. The summed E-state index contributed by atoms with van der Waals surface area (Å²) in [5.74, 6) is 1.52. The van der Waals surface area contributed by atoms with E-state index in [0.717, 1.165) is 26.9 Å². The third kappa shape index (κ3) is 3.81. The minimum absolute atomic E-state index is 0.146. The summed E-state index contributed by atoms with van der Waals surface area (Å²) >= 11 is 0. The topological polar surface area (TPSA) is 101 Å². The fraction of sp³-hybridized carbons (Fsp3) is 0.316. The van der Waals surface area contributed by atoms with Crippen molar-refractivity contribution in [1.29, 1.82) is 0 Å². The number of hydrogen-bond acceptors (Lipinski definition) is 7. The number of nitrogens with one attached hydrogen (secondary N) is 2. The van der Waals surface area contributed by atoms with Crippen LogP contribution in [0.2, 0.25) is 0 Å². The van der Waals surface area contributed by atoms with Crippen molar-refractivity contribution < 1.29 is 22.6 Å². The summed E-state index contributed by atoms with van der Waals surface area (Å²) in [5.41, 5.74) is 2.89. The molecular weight excluding hydrogens is 396 g/mol. The lowest BCUT2D eigenvalue weighted by Gasteiger charge is -2.22. The largest absolute Gasteiger partial charge is 0.496 e. The molecule has 1 atom stereocenters. The van der Waals surface area contributed by atoms with Crippen LogP contribution in [-0.4, -0.2) is 46.6 Å². The Kier molecular flexibility index (Phi) is 4.97. The van der Waals surface area contributed by atoms with E-state index < -0.39 is 10.2 Å². The molecule has 2 aromatic rings. The number of nitrogens with zero attached hydrogens (tertiary/aromatic N) is 2. The second-order valence-electron chi connectivity index (χ2n) is 6.82. The van der Waals surface area contributed by atoms with Gasteiger partial charge in [0.25, 0.3) is 6.02 Å². The highest BCUT2D eigenvalue weighted by molar-refractivity contribution is 7.90. The Bertz CT molecular complexity index is 1070. The predicted molar refractivity (Wildman–Crippen MR) is 109 cm³/mol. The summed E-state index contributed by atoms with van der Waals surface area (Å²) in [5, 5.41) is 3.26. The average molecular weight is 418 g/mol. The van der Waals surface area contributed by atoms with Gasteiger partial charge in [0.1, 0.15) is 24.7 Å². The first-order valence-electron chi connectivity index (χ1n) is 8.98. The van der Waals surface area contributed by atoms with E-state index in [2.05, 4.69) is 15.0 Å². The molecule has 9 nitrogen and oxygen atoms in total. The molecule has 2 aliphatic rings. The van der Waals surface area contributed by atoms with Gasteiger partial charge in [0.2, 0.25) is 0 Å². The highest BCUT2D eigenvalue weighted by atomic mass is 32.2. The Balaban J connectivity index is 1.53. The molecule has 0 saturated carbocycles. The van der Waals surface area contributed by atoms with Crippen LogP contribution in [0.5, 0.6) is 11.5 Å². The molecule has 2 aliphatic heterocycles. The Hall–Kier alpha value is -2.98. The SMILES string of the molecule is COc1cccc2c1C(NC1=Nc3ccc(NS(=O)(=O)N(C)C)cc3CO1)CO2. The molecule has 4 rings (SSSR count). The molecule has 2 heterocycles. The number of fused-ring (bicyclic) bond motifs is 2. The van der Waals surface area contributed by atoms with E-state index >= 15 is 0 Å². The summed E-state index contributed by atoms with van der Waals surface area (Å²) in [6, 6.07) is 11.0. The monoisotopic (exact) mass is 418 g/mol. The average Bonchev–Trinajstić information content (AvgIpc) is 3.10. The van der Waals surface area contributed by atoms with Crippen LogP contribution in [0.25, 0.3) is 0 Å². The number of hydrogen-bond donors (Lipinski definition) is 2. The maximum absolute atomic E-state index is 12.0. The molecule has 0 fully saturated rings. The lowest BCUT2D eigenvalue weighted by atomic mass is 10.1. The molecule has 29 heavy (non-hydrogen) atoms. The van der Waals surface area contributed by atoms with E-state index in [9.17, 15) is 8.42 Å². The van der Waals surface area contributed by atoms with Gasteiger partial charge in [-0.1, -0.05) is 6.07 Å². The third-order valence-corrected chi connectivity index (χ3v) is 6.15. The van der Waals surface area contributed by atoms with Crippen LogP contribution in [0.15, 0.2) is 41.4 Å². The van der Waals surface area contributed by atoms with Gasteiger partial charge in [-0.2, -0.15) is 17.7 Å². The first kappa shape index (κ1) is 19.3. The van der Waals surface area contributed by atoms with E-state index in [4.69, 9.17) is 14.2 Å². The maximum atomic E-state index is 12.0. The lowest BCUT2D eigenvalue weighted by molar-refractivity contribution is 0.256. The van der Waals surface area contributed by atoms with Gasteiger partial charge in [0.15, 0.2) is 0 Å². The van der Waals surface area contributed by atoms with Crippen molar-refractivity contribution in [2.24, 2.45) is 4.99 Å². The number of amidine groups is 1. The van der Waals surface area contributed by atoms with Crippen molar-refractivity contribution in [3.63, 3.8) is 0 Å². The minimum atomic E-state index is -3.57. The zero-order chi connectivity index (χ0) is 20.6. The Morgan fingerprint density at radius 3 is 2.79 bits per heavy atom. The number of aliphatic imine (C=N–C) groups is 1. The Morgan fingerprint density at radius 2 is 2.03 bits per heavy atom. The van der Waals surface area contributed by atoms with Crippen molar-refractivity contribution in [3.8, 4) is 11.5 Å². The molecule has 0 spiro atoms. The summed E-state index contributed by atoms with van der Waals surface area (Å²) in [6.45, 7) is 0.710. The van der Waals surface area contributed by atoms with Crippen molar-refractivity contribution in [2.75, 3.05) is 32.5 Å². The number of anilines is 1. The first-order valence-corrected chi connectivity index (χ1v) is 10.4. The number of methoxy groups -OCH3 is 1. The zero-order valence-electron chi connectivity index (χ0n) is 16.3. The summed E-state index contributed by atoms with van der Waals surface area (Å²) in [6.07, 6.45) is 0. The lowest BCUT2D eigenvalue weighted by Crippen LogP contribution is -2.32. The molecule has 0 radical (unpaired) electrons. The molecule has 0 saturated heterocycles. The molecule has 2 aromatic carbocycles. The second kappa shape index (κ2) is 7.45. The third-order valence-electron chi connectivity index (χ3n) is 4.69. The van der Waals surface area contributed by atoms with Crippen LogP contribution in [0, 0.1) is 0 Å². The fourth-order valence-electron chi connectivity index (χ4n) is 3.17. The van der Waals surface area contributed by atoms with Gasteiger partial charge in [-0.3, -0.25) is 4.72 Å². The fourth-order valence-corrected chi connectivity index (χ4v) is 3.77. The highest BCUT2D eigenvalue weighted by Gasteiger charge is 2.30. The molecule has 0 bridgehead atoms. The summed E-state index contributed by atoms with van der Waals surface area (Å²) in [7, 11) is 0.981. The van der Waals surface area contributed by atoms with E-state index in [0.29, 0.717) is 24.0 Å². The van der Waals surface area contributed by atoms with Gasteiger partial charge in [-0.25, -0.2) is 0 Å².